The van der Waals surface area contributed by atoms with E-state index in [0.29, 0.717) is 26.5 Å². The number of benzene rings is 2. The molecule has 0 aliphatic rings. The lowest BCUT2D eigenvalue weighted by atomic mass is 10.1. The Bertz CT molecular complexity index is 1060. The maximum absolute atomic E-state index is 12.6. The normalized spacial score (nSPS) is 10.5. The molecule has 9 heteroatoms. The number of esters is 2. The molecule has 2 aromatic carbocycles. The number of para-hydroxylation sites is 1. The SMILES string of the molecule is COC(=O)c1c(-c2cc(Cl)c(OC)c(Br)c2)nn(-c2ccccc2)c1C(=O)OC. The smallest absolute Gasteiger partial charge is 0.357 e. The van der Waals surface area contributed by atoms with Crippen LogP contribution in [-0.4, -0.2) is 43.0 Å². The molecule has 3 rings (SSSR count). The zero-order chi connectivity index (χ0) is 21.1. The predicted molar refractivity (Wildman–Crippen MR) is 111 cm³/mol. The molecule has 7 nitrogen and oxygen atoms in total. The Morgan fingerprint density at radius 1 is 1.03 bits per heavy atom. The van der Waals surface area contributed by atoms with Crippen LogP contribution in [0.4, 0.5) is 0 Å². The van der Waals surface area contributed by atoms with Crippen molar-refractivity contribution in [2.24, 2.45) is 0 Å². The van der Waals surface area contributed by atoms with Crippen LogP contribution in [0.2, 0.25) is 5.02 Å². The Kier molecular flexibility index (Phi) is 6.24. The second-order valence-electron chi connectivity index (χ2n) is 5.78. The highest BCUT2D eigenvalue weighted by Crippen LogP contribution is 2.39. The van der Waals surface area contributed by atoms with E-state index in [1.807, 2.05) is 6.07 Å². The molecule has 0 aliphatic carbocycles. The Balaban J connectivity index is 2.37. The third kappa shape index (κ3) is 3.86. The van der Waals surface area contributed by atoms with Crippen molar-refractivity contribution in [1.82, 2.24) is 9.78 Å². The summed E-state index contributed by atoms with van der Waals surface area (Å²) in [4.78, 5) is 25.2. The van der Waals surface area contributed by atoms with Gasteiger partial charge in [-0.15, -0.1) is 0 Å². The average Bonchev–Trinajstić information content (AvgIpc) is 3.13. The zero-order valence-corrected chi connectivity index (χ0v) is 18.1. The molecule has 3 aromatic rings. The minimum absolute atomic E-state index is 0.0312. The molecule has 1 heterocycles. The zero-order valence-electron chi connectivity index (χ0n) is 15.7. The summed E-state index contributed by atoms with van der Waals surface area (Å²) in [5.74, 6) is -1.02. The van der Waals surface area contributed by atoms with Gasteiger partial charge in [-0.1, -0.05) is 29.8 Å². The van der Waals surface area contributed by atoms with Gasteiger partial charge in [-0.3, -0.25) is 0 Å². The number of rotatable bonds is 5. The summed E-state index contributed by atoms with van der Waals surface area (Å²) in [5.41, 5.74) is 1.19. The standard InChI is InChI=1S/C20H16BrClN2O5/c1-27-18-13(21)9-11(10-14(18)22)16-15(19(25)28-2)17(20(26)29-3)24(23-16)12-7-5-4-6-8-12/h4-10H,1-3H3. The first-order valence-corrected chi connectivity index (χ1v) is 9.48. The van der Waals surface area contributed by atoms with E-state index >= 15 is 0 Å². The van der Waals surface area contributed by atoms with E-state index in [-0.39, 0.29) is 17.0 Å². The molecule has 0 fully saturated rings. The van der Waals surface area contributed by atoms with E-state index in [1.54, 1.807) is 36.4 Å². The molecule has 0 N–H and O–H groups in total. The highest BCUT2D eigenvalue weighted by atomic mass is 79.9. The molecule has 0 saturated carbocycles. The number of halogens is 2. The van der Waals surface area contributed by atoms with Crippen LogP contribution in [-0.2, 0) is 9.47 Å². The Hall–Kier alpha value is -2.84. The lowest BCUT2D eigenvalue weighted by molar-refractivity contribution is 0.0549. The Labute approximate surface area is 180 Å². The average molecular weight is 480 g/mol. The monoisotopic (exact) mass is 478 g/mol. The molecule has 150 valence electrons. The van der Waals surface area contributed by atoms with Crippen LogP contribution in [0.1, 0.15) is 20.8 Å². The fourth-order valence-electron chi connectivity index (χ4n) is 2.85. The van der Waals surface area contributed by atoms with Gasteiger partial charge in [0.25, 0.3) is 0 Å². The van der Waals surface area contributed by atoms with Gasteiger partial charge < -0.3 is 14.2 Å². The number of ether oxygens (including phenoxy) is 3. The van der Waals surface area contributed by atoms with Crippen LogP contribution in [0, 0.1) is 0 Å². The molecule has 29 heavy (non-hydrogen) atoms. The van der Waals surface area contributed by atoms with Crippen molar-refractivity contribution >= 4 is 39.5 Å². The second kappa shape index (κ2) is 8.67. The van der Waals surface area contributed by atoms with Gasteiger partial charge in [-0.2, -0.15) is 5.10 Å². The van der Waals surface area contributed by atoms with Gasteiger partial charge in [-0.25, -0.2) is 14.3 Å². The lowest BCUT2D eigenvalue weighted by Crippen LogP contribution is -2.15. The number of carbonyl (C=O) groups is 2. The van der Waals surface area contributed by atoms with Crippen molar-refractivity contribution in [1.29, 1.82) is 0 Å². The maximum atomic E-state index is 12.6. The van der Waals surface area contributed by atoms with Gasteiger partial charge in [0.2, 0.25) is 0 Å². The Morgan fingerprint density at radius 3 is 2.24 bits per heavy atom. The van der Waals surface area contributed by atoms with E-state index in [9.17, 15) is 9.59 Å². The molecule has 0 saturated heterocycles. The van der Waals surface area contributed by atoms with E-state index in [4.69, 9.17) is 25.8 Å². The first-order valence-electron chi connectivity index (χ1n) is 8.31. The van der Waals surface area contributed by atoms with E-state index in [0.717, 1.165) is 0 Å². The summed E-state index contributed by atoms with van der Waals surface area (Å²) in [6, 6.07) is 12.2. The molecule has 0 spiro atoms. The van der Waals surface area contributed by atoms with Crippen molar-refractivity contribution in [3.8, 4) is 22.7 Å². The van der Waals surface area contributed by atoms with Crippen molar-refractivity contribution in [3.05, 3.63) is 63.2 Å². The molecule has 1 aromatic heterocycles. The van der Waals surface area contributed by atoms with Gasteiger partial charge in [0.15, 0.2) is 11.4 Å². The van der Waals surface area contributed by atoms with Crippen molar-refractivity contribution in [2.45, 2.75) is 0 Å². The minimum atomic E-state index is -0.731. The molecule has 0 radical (unpaired) electrons. The van der Waals surface area contributed by atoms with Crippen LogP contribution < -0.4 is 4.74 Å². The Morgan fingerprint density at radius 2 is 1.69 bits per heavy atom. The number of aromatic nitrogens is 2. The third-order valence-electron chi connectivity index (χ3n) is 4.13. The molecule has 0 bridgehead atoms. The molecule has 0 atom stereocenters. The first-order chi connectivity index (χ1) is 13.9. The second-order valence-corrected chi connectivity index (χ2v) is 7.04. The molecular weight excluding hydrogens is 464 g/mol. The fourth-order valence-corrected chi connectivity index (χ4v) is 3.88. The van der Waals surface area contributed by atoms with Gasteiger partial charge in [0, 0.05) is 5.56 Å². The van der Waals surface area contributed by atoms with Crippen molar-refractivity contribution in [3.63, 3.8) is 0 Å². The van der Waals surface area contributed by atoms with Crippen LogP contribution in [0.15, 0.2) is 46.9 Å². The summed E-state index contributed by atoms with van der Waals surface area (Å²) >= 11 is 9.70. The maximum Gasteiger partial charge on any atom is 0.357 e. The van der Waals surface area contributed by atoms with Gasteiger partial charge in [-0.05, 0) is 40.2 Å². The summed E-state index contributed by atoms with van der Waals surface area (Å²) in [5, 5.41) is 4.83. The number of methoxy groups -OCH3 is 3. The van der Waals surface area contributed by atoms with Gasteiger partial charge in [0.1, 0.15) is 11.3 Å². The molecule has 0 amide bonds. The molecule has 0 aliphatic heterocycles. The summed E-state index contributed by atoms with van der Waals surface area (Å²) in [6.07, 6.45) is 0. The van der Waals surface area contributed by atoms with E-state index in [1.165, 1.54) is 26.0 Å². The summed E-state index contributed by atoms with van der Waals surface area (Å²) < 4.78 is 17.0. The highest BCUT2D eigenvalue weighted by molar-refractivity contribution is 9.10. The minimum Gasteiger partial charge on any atom is -0.494 e. The number of hydrogen-bond donors (Lipinski definition) is 0. The summed E-state index contributed by atoms with van der Waals surface area (Å²) in [6.45, 7) is 0. The fraction of sp³-hybridized carbons (Fsp3) is 0.150. The van der Waals surface area contributed by atoms with Crippen molar-refractivity contribution in [2.75, 3.05) is 21.3 Å². The molecular formula is C20H16BrClN2O5. The third-order valence-corrected chi connectivity index (χ3v) is 5.00. The largest absolute Gasteiger partial charge is 0.494 e. The van der Waals surface area contributed by atoms with Crippen LogP contribution in [0.3, 0.4) is 0 Å². The lowest BCUT2D eigenvalue weighted by Gasteiger charge is -2.09. The van der Waals surface area contributed by atoms with Crippen LogP contribution in [0.25, 0.3) is 16.9 Å². The predicted octanol–water partition coefficient (Wildman–Crippen LogP) is 4.54. The number of nitrogens with zero attached hydrogens (tertiary/aromatic N) is 2. The van der Waals surface area contributed by atoms with E-state index < -0.39 is 11.9 Å². The van der Waals surface area contributed by atoms with E-state index in [2.05, 4.69) is 21.0 Å². The van der Waals surface area contributed by atoms with Crippen molar-refractivity contribution < 1.29 is 23.8 Å². The summed E-state index contributed by atoms with van der Waals surface area (Å²) in [7, 11) is 3.95. The number of hydrogen-bond acceptors (Lipinski definition) is 6. The van der Waals surface area contributed by atoms with Gasteiger partial charge in [0.05, 0.1) is 36.5 Å². The van der Waals surface area contributed by atoms with Gasteiger partial charge >= 0.3 is 11.9 Å². The quantitative estimate of drug-likeness (QED) is 0.500. The first kappa shape index (κ1) is 20.9. The highest BCUT2D eigenvalue weighted by Gasteiger charge is 2.31. The topological polar surface area (TPSA) is 79.7 Å². The number of carbonyl (C=O) groups excluding carboxylic acids is 2. The molecule has 0 unspecified atom stereocenters. The van der Waals surface area contributed by atoms with Crippen LogP contribution in [0.5, 0.6) is 5.75 Å². The van der Waals surface area contributed by atoms with Crippen LogP contribution >= 0.6 is 27.5 Å².